The third kappa shape index (κ3) is 11.3. The van der Waals surface area contributed by atoms with Gasteiger partial charge < -0.3 is 0 Å². The molecule has 7 heteroatoms. The fraction of sp³-hybridized carbons (Fsp3) is 0.889. The quantitative estimate of drug-likeness (QED) is 0.153. The van der Waals surface area contributed by atoms with E-state index >= 15 is 0 Å². The van der Waals surface area contributed by atoms with Crippen LogP contribution in [0.2, 0.25) is 13.3 Å². The standard InChI is InChI=1S/3C9H15O2.Sn/c3*1-2-9(10)11-8-6-4-3-5-7-8;/h3*8H,1-7H2;. The van der Waals surface area contributed by atoms with Gasteiger partial charge in [-0.2, -0.15) is 0 Å². The zero-order valence-corrected chi connectivity index (χ0v) is 23.9. The summed E-state index contributed by atoms with van der Waals surface area (Å²) in [6, 6.07) is 0. The van der Waals surface area contributed by atoms with Crippen molar-refractivity contribution in [2.45, 2.75) is 147 Å². The Kier molecular flexibility index (Phi) is 13.1. The average Bonchev–Trinajstić information content (AvgIpc) is 2.85. The summed E-state index contributed by atoms with van der Waals surface area (Å²) in [7, 11) is 0. The third-order valence-electron chi connectivity index (χ3n) is 7.60. The van der Waals surface area contributed by atoms with Crippen LogP contribution in [0.25, 0.3) is 0 Å². The maximum absolute atomic E-state index is 12.4. The van der Waals surface area contributed by atoms with Gasteiger partial charge in [-0.15, -0.1) is 0 Å². The minimum atomic E-state index is -2.13. The Balaban J connectivity index is 1.41. The number of esters is 3. The molecule has 3 fully saturated rings. The number of hydrogen-bond donors (Lipinski definition) is 0. The Labute approximate surface area is 213 Å². The van der Waals surface area contributed by atoms with Crippen LogP contribution >= 0.6 is 0 Å². The van der Waals surface area contributed by atoms with E-state index in [2.05, 4.69) is 0 Å². The van der Waals surface area contributed by atoms with Crippen molar-refractivity contribution in [2.75, 3.05) is 0 Å². The van der Waals surface area contributed by atoms with Gasteiger partial charge in [-0.3, -0.25) is 0 Å². The van der Waals surface area contributed by atoms with Gasteiger partial charge in [-0.1, -0.05) is 0 Å². The maximum atomic E-state index is 12.4. The zero-order valence-electron chi connectivity index (χ0n) is 21.0. The van der Waals surface area contributed by atoms with E-state index in [-0.39, 0.29) is 36.2 Å². The Morgan fingerprint density at radius 3 is 1.00 bits per heavy atom. The van der Waals surface area contributed by atoms with Crippen LogP contribution in [-0.4, -0.2) is 56.0 Å². The van der Waals surface area contributed by atoms with Crippen LogP contribution in [-0.2, 0) is 28.6 Å². The number of carbonyl (C=O) groups is 3. The molecule has 0 aromatic heterocycles. The first-order chi connectivity index (χ1) is 16.6. The average molecular weight is 584 g/mol. The van der Waals surface area contributed by atoms with Crippen LogP contribution in [0.1, 0.15) is 116 Å². The predicted octanol–water partition coefficient (Wildman–Crippen LogP) is 6.28. The van der Waals surface area contributed by atoms with Gasteiger partial charge in [0.25, 0.3) is 0 Å². The summed E-state index contributed by atoms with van der Waals surface area (Å²) in [6.07, 6.45) is 18.0. The molecule has 0 N–H and O–H groups in total. The Hall–Kier alpha value is -0.791. The summed E-state index contributed by atoms with van der Waals surface area (Å²) in [4.78, 5) is 37.3. The van der Waals surface area contributed by atoms with Crippen molar-refractivity contribution in [2.24, 2.45) is 0 Å². The van der Waals surface area contributed by atoms with Crippen LogP contribution in [0.15, 0.2) is 0 Å². The Bertz CT molecular complexity index is 535. The predicted molar refractivity (Wildman–Crippen MR) is 133 cm³/mol. The van der Waals surface area contributed by atoms with E-state index < -0.39 is 19.8 Å². The van der Waals surface area contributed by atoms with Crippen LogP contribution in [0.4, 0.5) is 0 Å². The first-order valence-corrected chi connectivity index (χ1v) is 20.1. The SMILES string of the molecule is O=C(C[CH2][Sn]([CH2]CC(=O)OC1CCCCC1)[CH2]CC(=O)OC1CCCCC1)OC1CCCCC1. The summed E-state index contributed by atoms with van der Waals surface area (Å²) >= 11 is -2.13. The minimum absolute atomic E-state index is 0.0873. The molecule has 3 aliphatic rings. The Morgan fingerprint density at radius 1 is 0.471 bits per heavy atom. The van der Waals surface area contributed by atoms with Gasteiger partial charge in [0, 0.05) is 0 Å². The molecule has 1 radical (unpaired) electrons. The van der Waals surface area contributed by atoms with Crippen LogP contribution in [0, 0.1) is 0 Å². The van der Waals surface area contributed by atoms with Crippen molar-refractivity contribution < 1.29 is 28.6 Å². The van der Waals surface area contributed by atoms with Crippen LogP contribution < -0.4 is 0 Å². The molecule has 0 aromatic rings. The number of ether oxygens (including phenoxy) is 3. The van der Waals surface area contributed by atoms with Gasteiger partial charge in [0.15, 0.2) is 0 Å². The second-order valence-electron chi connectivity index (χ2n) is 10.5. The summed E-state index contributed by atoms with van der Waals surface area (Å²) in [6.45, 7) is 0. The molecule has 0 aliphatic heterocycles. The molecule has 3 aliphatic carbocycles. The van der Waals surface area contributed by atoms with E-state index in [0.29, 0.717) is 19.3 Å². The molecule has 0 heterocycles. The monoisotopic (exact) mass is 585 g/mol. The van der Waals surface area contributed by atoms with Crippen molar-refractivity contribution in [1.82, 2.24) is 0 Å². The molecule has 0 spiro atoms. The fourth-order valence-corrected chi connectivity index (χ4v) is 12.4. The van der Waals surface area contributed by atoms with Crippen LogP contribution in [0.5, 0.6) is 0 Å². The molecule has 0 amide bonds. The number of rotatable bonds is 12. The van der Waals surface area contributed by atoms with E-state index in [1.54, 1.807) is 0 Å². The second-order valence-corrected chi connectivity index (χ2v) is 19.1. The van der Waals surface area contributed by atoms with Gasteiger partial charge in [0.05, 0.1) is 0 Å². The summed E-state index contributed by atoms with van der Waals surface area (Å²) in [5, 5.41) is 0. The summed E-state index contributed by atoms with van der Waals surface area (Å²) in [5.74, 6) is -0.293. The molecule has 193 valence electrons. The van der Waals surface area contributed by atoms with Gasteiger partial charge >= 0.3 is 213 Å². The molecular formula is C27H45O6Sn. The molecule has 34 heavy (non-hydrogen) atoms. The second kappa shape index (κ2) is 16.1. The molecule has 0 bridgehead atoms. The molecule has 3 saturated carbocycles. The van der Waals surface area contributed by atoms with Crippen LogP contribution in [0.3, 0.4) is 0 Å². The molecule has 6 nitrogen and oxygen atoms in total. The molecule has 0 saturated heterocycles. The molecule has 3 rings (SSSR count). The van der Waals surface area contributed by atoms with E-state index in [9.17, 15) is 14.4 Å². The first-order valence-electron chi connectivity index (χ1n) is 14.0. The van der Waals surface area contributed by atoms with E-state index in [1.807, 2.05) is 0 Å². The van der Waals surface area contributed by atoms with Gasteiger partial charge in [0.1, 0.15) is 0 Å². The van der Waals surface area contributed by atoms with E-state index in [4.69, 9.17) is 14.2 Å². The van der Waals surface area contributed by atoms with Gasteiger partial charge in [0.2, 0.25) is 0 Å². The first kappa shape index (κ1) is 27.8. The zero-order chi connectivity index (χ0) is 24.0. The van der Waals surface area contributed by atoms with E-state index in [1.165, 1.54) is 19.3 Å². The topological polar surface area (TPSA) is 78.9 Å². The van der Waals surface area contributed by atoms with Gasteiger partial charge in [-0.05, 0) is 0 Å². The molecule has 0 aromatic carbocycles. The fourth-order valence-electron chi connectivity index (χ4n) is 5.49. The Morgan fingerprint density at radius 2 is 0.735 bits per heavy atom. The van der Waals surface area contributed by atoms with E-state index in [0.717, 1.165) is 90.4 Å². The number of hydrogen-bond acceptors (Lipinski definition) is 6. The number of carbonyl (C=O) groups excluding carboxylic acids is 3. The van der Waals surface area contributed by atoms with Crippen molar-refractivity contribution in [3.63, 3.8) is 0 Å². The summed E-state index contributed by atoms with van der Waals surface area (Å²) < 4.78 is 19.6. The molecule has 0 unspecified atom stereocenters. The third-order valence-corrected chi connectivity index (χ3v) is 15.8. The molecule has 0 atom stereocenters. The van der Waals surface area contributed by atoms with Crippen molar-refractivity contribution >= 4 is 37.7 Å². The summed E-state index contributed by atoms with van der Waals surface area (Å²) in [5.41, 5.74) is 0. The van der Waals surface area contributed by atoms with Gasteiger partial charge in [-0.25, -0.2) is 0 Å². The van der Waals surface area contributed by atoms with Crippen molar-refractivity contribution in [1.29, 1.82) is 0 Å². The van der Waals surface area contributed by atoms with Crippen molar-refractivity contribution in [3.05, 3.63) is 0 Å². The normalized spacial score (nSPS) is 20.7. The molecular weight excluding hydrogens is 539 g/mol. The van der Waals surface area contributed by atoms with Crippen molar-refractivity contribution in [3.8, 4) is 0 Å².